The predicted molar refractivity (Wildman–Crippen MR) is 168 cm³/mol. The van der Waals surface area contributed by atoms with Gasteiger partial charge in [0, 0.05) is 31.1 Å². The Kier molecular flexibility index (Phi) is 12.4. The fourth-order valence-electron chi connectivity index (χ4n) is 4.86. The molecule has 9 nitrogen and oxygen atoms in total. The first-order valence-electron chi connectivity index (χ1n) is 14.8. The summed E-state index contributed by atoms with van der Waals surface area (Å²) in [5, 5.41) is 14.5. The highest BCUT2D eigenvalue weighted by Gasteiger charge is 2.30. The third-order valence-corrected chi connectivity index (χ3v) is 8.57. The number of likely N-dealkylation sites (N-methyl/N-ethyl adjacent to an activating group) is 1. The summed E-state index contributed by atoms with van der Waals surface area (Å²) in [4.78, 5) is 27.2. The summed E-state index contributed by atoms with van der Waals surface area (Å²) in [6, 6.07) is 17.4. The molecule has 0 fully saturated rings. The minimum Gasteiger partial charge on any atom is -0.454 e. The van der Waals surface area contributed by atoms with E-state index in [1.165, 1.54) is 30.0 Å². The molecule has 4 atom stereocenters. The van der Waals surface area contributed by atoms with Crippen LogP contribution in [0.5, 0.6) is 11.5 Å². The van der Waals surface area contributed by atoms with Crippen molar-refractivity contribution in [3.63, 3.8) is 0 Å². The minimum absolute atomic E-state index is 0.0331. The van der Waals surface area contributed by atoms with Gasteiger partial charge in [0.2, 0.25) is 6.79 Å². The molecule has 242 valence electrons. The van der Waals surface area contributed by atoms with Crippen LogP contribution >= 0.6 is 11.9 Å². The highest BCUT2D eigenvalue weighted by molar-refractivity contribution is 7.97. The molecule has 3 aromatic carbocycles. The van der Waals surface area contributed by atoms with Gasteiger partial charge in [0.1, 0.15) is 11.6 Å². The Labute approximate surface area is 266 Å². The minimum atomic E-state index is -1.33. The quantitative estimate of drug-likeness (QED) is 0.159. The van der Waals surface area contributed by atoms with Gasteiger partial charge >= 0.3 is 0 Å². The average Bonchev–Trinajstić information content (AvgIpc) is 3.49. The Morgan fingerprint density at radius 2 is 1.82 bits per heavy atom. The number of halogens is 2. The lowest BCUT2D eigenvalue weighted by molar-refractivity contribution is -0.145. The molecule has 0 radical (unpaired) electrons. The van der Waals surface area contributed by atoms with Gasteiger partial charge in [-0.3, -0.25) is 9.59 Å². The molecule has 0 saturated heterocycles. The van der Waals surface area contributed by atoms with Gasteiger partial charge in [-0.15, -0.1) is 0 Å². The third kappa shape index (κ3) is 9.81. The first-order chi connectivity index (χ1) is 21.7. The number of carbonyl (C=O) groups excluding carboxylic acids is 2. The lowest BCUT2D eigenvalue weighted by Gasteiger charge is -2.32. The molecule has 12 heteroatoms. The molecule has 1 aliphatic rings. The summed E-state index contributed by atoms with van der Waals surface area (Å²) in [6.07, 6.45) is -1.12. The van der Waals surface area contributed by atoms with Crippen molar-refractivity contribution in [3.05, 3.63) is 83.9 Å². The van der Waals surface area contributed by atoms with Gasteiger partial charge < -0.3 is 29.5 Å². The fraction of sp³-hybridized carbons (Fsp3) is 0.394. The van der Waals surface area contributed by atoms with E-state index in [1.807, 2.05) is 48.5 Å². The number of amides is 1. The monoisotopic (exact) mass is 643 g/mol. The predicted octanol–water partition coefficient (Wildman–Crippen LogP) is 4.82. The highest BCUT2D eigenvalue weighted by atomic mass is 32.2. The van der Waals surface area contributed by atoms with Crippen LogP contribution in [0, 0.1) is 17.6 Å². The Morgan fingerprint density at radius 3 is 2.53 bits per heavy atom. The van der Waals surface area contributed by atoms with Crippen LogP contribution in [0.3, 0.4) is 0 Å². The van der Waals surface area contributed by atoms with Crippen LogP contribution in [0.2, 0.25) is 0 Å². The second-order valence-corrected chi connectivity index (χ2v) is 12.2. The number of rotatable bonds is 17. The number of hydrogen-bond acceptors (Lipinski definition) is 9. The van der Waals surface area contributed by atoms with Gasteiger partial charge in [0.25, 0.3) is 12.4 Å². The van der Waals surface area contributed by atoms with Crippen LogP contribution in [0.15, 0.2) is 71.6 Å². The summed E-state index contributed by atoms with van der Waals surface area (Å²) < 4.78 is 46.0. The van der Waals surface area contributed by atoms with Gasteiger partial charge in [-0.1, -0.05) is 50.6 Å². The summed E-state index contributed by atoms with van der Waals surface area (Å²) >= 11 is 1.48. The molecule has 1 amide bonds. The summed E-state index contributed by atoms with van der Waals surface area (Å²) in [5.41, 5.74) is 0.919. The molecule has 0 bridgehead atoms. The van der Waals surface area contributed by atoms with Gasteiger partial charge in [0.05, 0.1) is 24.4 Å². The van der Waals surface area contributed by atoms with Crippen molar-refractivity contribution in [1.29, 1.82) is 0 Å². The van der Waals surface area contributed by atoms with E-state index in [9.17, 15) is 23.5 Å². The molecular formula is C33H39F2N3O6S. The molecule has 0 spiro atoms. The van der Waals surface area contributed by atoms with E-state index in [1.54, 1.807) is 0 Å². The first-order valence-corrected chi connectivity index (χ1v) is 15.5. The number of anilines is 1. The maximum absolute atomic E-state index is 14.4. The van der Waals surface area contributed by atoms with Crippen molar-refractivity contribution < 1.29 is 37.7 Å². The van der Waals surface area contributed by atoms with E-state index in [2.05, 4.69) is 23.5 Å². The Balaban J connectivity index is 1.52. The lowest BCUT2D eigenvalue weighted by atomic mass is 10.00. The SMILES string of the molecule is CCC(C)CN(CC(O)C(Cc1ccccc1)NC(=O)C(CN(C)c1ccc(F)cc1F)OC=O)Sc1ccc2c(c1)OCO2. The van der Waals surface area contributed by atoms with Crippen LogP contribution in [0.4, 0.5) is 14.5 Å². The van der Waals surface area contributed by atoms with Crippen molar-refractivity contribution in [2.75, 3.05) is 38.4 Å². The second kappa shape index (κ2) is 16.4. The highest BCUT2D eigenvalue weighted by Crippen LogP contribution is 2.37. The number of ether oxygens (including phenoxy) is 3. The summed E-state index contributed by atoms with van der Waals surface area (Å²) in [5.74, 6) is -0.549. The standard InChI is InChI=1S/C33H39F2N3O6S/c1-4-22(2)17-38(45-25-11-13-30-31(16-25)44-21-43-30)18-29(40)27(14-23-8-6-5-7-9-23)36-33(41)32(42-20-39)19-37(3)28-12-10-24(34)15-26(28)35/h5-13,15-16,20,22,27,29,32,40H,4,14,17-19,21H2,1-3H3,(H,36,41). The number of hydrogen-bond donors (Lipinski definition) is 2. The molecule has 4 unspecified atom stereocenters. The van der Waals surface area contributed by atoms with Crippen LogP contribution in [-0.2, 0) is 20.7 Å². The Morgan fingerprint density at radius 1 is 1.07 bits per heavy atom. The number of aliphatic hydroxyl groups excluding tert-OH is 1. The van der Waals surface area contributed by atoms with E-state index in [0.29, 0.717) is 30.4 Å². The molecular weight excluding hydrogens is 604 g/mol. The zero-order valence-electron chi connectivity index (χ0n) is 25.5. The van der Waals surface area contributed by atoms with Crippen LogP contribution in [0.1, 0.15) is 25.8 Å². The molecule has 3 aromatic rings. The molecule has 1 aliphatic heterocycles. The first kappa shape index (κ1) is 34.0. The van der Waals surface area contributed by atoms with Crippen LogP contribution in [0.25, 0.3) is 0 Å². The number of nitrogens with zero attached hydrogens (tertiary/aromatic N) is 2. The molecule has 45 heavy (non-hydrogen) atoms. The number of carbonyl (C=O) groups is 2. The van der Waals surface area contributed by atoms with E-state index < -0.39 is 35.8 Å². The molecule has 1 heterocycles. The van der Waals surface area contributed by atoms with Gasteiger partial charge in [-0.2, -0.15) is 0 Å². The van der Waals surface area contributed by atoms with E-state index in [-0.39, 0.29) is 32.0 Å². The van der Waals surface area contributed by atoms with Crippen molar-refractivity contribution >= 4 is 30.0 Å². The van der Waals surface area contributed by atoms with Gasteiger partial charge in [-0.05, 0) is 60.2 Å². The molecule has 0 aromatic heterocycles. The van der Waals surface area contributed by atoms with Gasteiger partial charge in [0.15, 0.2) is 17.6 Å². The van der Waals surface area contributed by atoms with E-state index in [4.69, 9.17) is 14.2 Å². The zero-order chi connectivity index (χ0) is 32.3. The number of benzene rings is 3. The van der Waals surface area contributed by atoms with Crippen LogP contribution < -0.4 is 19.7 Å². The van der Waals surface area contributed by atoms with Crippen molar-refractivity contribution in [2.45, 2.75) is 49.8 Å². The topological polar surface area (TPSA) is 101 Å². The van der Waals surface area contributed by atoms with Gasteiger partial charge in [-0.25, -0.2) is 13.1 Å². The zero-order valence-corrected chi connectivity index (χ0v) is 26.3. The van der Waals surface area contributed by atoms with Crippen molar-refractivity contribution in [2.24, 2.45) is 5.92 Å². The van der Waals surface area contributed by atoms with E-state index in [0.717, 1.165) is 29.0 Å². The smallest absolute Gasteiger partial charge is 0.293 e. The average molecular weight is 644 g/mol. The second-order valence-electron chi connectivity index (χ2n) is 11.0. The number of aliphatic hydroxyl groups is 1. The number of nitrogens with one attached hydrogen (secondary N) is 1. The Bertz CT molecular complexity index is 1420. The summed E-state index contributed by atoms with van der Waals surface area (Å²) in [6.45, 7) is 5.22. The normalized spacial score (nSPS) is 14.8. The summed E-state index contributed by atoms with van der Waals surface area (Å²) in [7, 11) is 1.50. The van der Waals surface area contributed by atoms with Crippen LogP contribution in [-0.4, -0.2) is 73.5 Å². The third-order valence-electron chi connectivity index (χ3n) is 7.54. The van der Waals surface area contributed by atoms with E-state index >= 15 is 0 Å². The Hall–Kier alpha value is -3.87. The lowest BCUT2D eigenvalue weighted by Crippen LogP contribution is -2.53. The molecule has 0 aliphatic carbocycles. The molecule has 0 saturated carbocycles. The maximum Gasteiger partial charge on any atom is 0.293 e. The molecule has 4 rings (SSSR count). The largest absolute Gasteiger partial charge is 0.454 e. The number of fused-ring (bicyclic) bond motifs is 1. The molecule has 2 N–H and O–H groups in total. The fourth-order valence-corrected chi connectivity index (χ4v) is 6.01. The van der Waals surface area contributed by atoms with Crippen molar-refractivity contribution in [1.82, 2.24) is 9.62 Å². The maximum atomic E-state index is 14.4. The van der Waals surface area contributed by atoms with Crippen molar-refractivity contribution in [3.8, 4) is 11.5 Å².